The highest BCUT2D eigenvalue weighted by atomic mass is 32.1. The van der Waals surface area contributed by atoms with Gasteiger partial charge in [-0.3, -0.25) is 10.5 Å². The molecule has 0 bridgehead atoms. The molecular weight excluding hydrogens is 150 g/mol. The number of rotatable bonds is 1. The molecule has 2 N–H and O–H groups in total. The molecule has 1 saturated carbocycles. The third-order valence-corrected chi connectivity index (χ3v) is 2.40. The second kappa shape index (κ2) is 2.43. The summed E-state index contributed by atoms with van der Waals surface area (Å²) in [4.78, 5) is 10.5. The predicted octanol–water partition coefficient (Wildman–Crippen LogP) is 0.297. The van der Waals surface area contributed by atoms with Crippen molar-refractivity contribution in [3.05, 3.63) is 0 Å². The number of hydrogen-bond acceptors (Lipinski definition) is 4. The highest BCUT2D eigenvalue weighted by Crippen LogP contribution is 2.35. The van der Waals surface area contributed by atoms with E-state index < -0.39 is 5.72 Å². The molecule has 10 heavy (non-hydrogen) atoms. The van der Waals surface area contributed by atoms with Gasteiger partial charge in [0.1, 0.15) is 0 Å². The first kappa shape index (κ1) is 7.88. The molecule has 0 saturated heterocycles. The summed E-state index contributed by atoms with van der Waals surface area (Å²) in [5, 5.41) is 0.0106. The molecule has 1 fully saturated rings. The molecule has 0 aromatic heterocycles. The zero-order valence-electron chi connectivity index (χ0n) is 5.83. The molecule has 1 rings (SSSR count). The average molecular weight is 161 g/mol. The third kappa shape index (κ3) is 1.27. The van der Waals surface area contributed by atoms with Crippen molar-refractivity contribution in [1.29, 1.82) is 0 Å². The van der Waals surface area contributed by atoms with Gasteiger partial charge in [-0.15, -0.1) is 0 Å². The quantitative estimate of drug-likeness (QED) is 0.330. The van der Waals surface area contributed by atoms with E-state index in [1.54, 1.807) is 0 Å². The van der Waals surface area contributed by atoms with Crippen LogP contribution in [-0.4, -0.2) is 16.9 Å². The molecule has 0 radical (unpaired) electrons. The van der Waals surface area contributed by atoms with Crippen LogP contribution in [0, 0.1) is 0 Å². The minimum Gasteiger partial charge on any atom is -0.443 e. The Labute approximate surface area is 65.3 Å². The number of carbonyl (C=O) groups excluding carboxylic acids is 1. The Bertz CT molecular complexity index is 162. The number of ether oxygens (including phenoxy) is 1. The maximum Gasteiger partial charge on any atom is 0.304 e. The summed E-state index contributed by atoms with van der Waals surface area (Å²) in [6.45, 7) is 1.35. The summed E-state index contributed by atoms with van der Waals surface area (Å²) in [6, 6.07) is 0. The molecule has 0 heterocycles. The molecule has 0 spiro atoms. The molecule has 4 heteroatoms. The van der Waals surface area contributed by atoms with Gasteiger partial charge in [0.15, 0.2) is 5.72 Å². The first-order valence-corrected chi connectivity index (χ1v) is 3.73. The van der Waals surface area contributed by atoms with Crippen LogP contribution in [0.1, 0.15) is 19.8 Å². The van der Waals surface area contributed by atoms with E-state index in [2.05, 4.69) is 12.6 Å². The first-order chi connectivity index (χ1) is 4.54. The summed E-state index contributed by atoms with van der Waals surface area (Å²) in [6.07, 6.45) is 1.65. The Hall–Kier alpha value is -0.220. The zero-order chi connectivity index (χ0) is 7.78. The fourth-order valence-electron chi connectivity index (χ4n) is 0.945. The Morgan fingerprint density at radius 3 is 2.60 bits per heavy atom. The van der Waals surface area contributed by atoms with Gasteiger partial charge in [-0.05, 0) is 6.42 Å². The van der Waals surface area contributed by atoms with Gasteiger partial charge in [0, 0.05) is 13.3 Å². The number of carbonyl (C=O) groups is 1. The summed E-state index contributed by atoms with van der Waals surface area (Å²) < 4.78 is 4.85. The van der Waals surface area contributed by atoms with E-state index in [-0.39, 0.29) is 11.2 Å². The van der Waals surface area contributed by atoms with E-state index in [9.17, 15) is 4.79 Å². The maximum atomic E-state index is 10.5. The van der Waals surface area contributed by atoms with Crippen molar-refractivity contribution in [2.75, 3.05) is 0 Å². The van der Waals surface area contributed by atoms with Crippen LogP contribution in [0.15, 0.2) is 0 Å². The summed E-state index contributed by atoms with van der Waals surface area (Å²) in [7, 11) is 0. The number of nitrogens with two attached hydrogens (primary N) is 1. The first-order valence-electron chi connectivity index (χ1n) is 3.21. The standard InChI is InChI=1S/C6H11NO2S/c1-4(8)9-6(7)3-2-5(6)10/h5,10H,2-3,7H2,1H3. The van der Waals surface area contributed by atoms with Gasteiger partial charge in [-0.25, -0.2) is 0 Å². The number of esters is 1. The predicted molar refractivity (Wildman–Crippen MR) is 40.7 cm³/mol. The molecule has 1 aliphatic carbocycles. The summed E-state index contributed by atoms with van der Waals surface area (Å²) in [5.74, 6) is -0.332. The molecule has 0 amide bonds. The van der Waals surface area contributed by atoms with Crippen molar-refractivity contribution in [3.8, 4) is 0 Å². The van der Waals surface area contributed by atoms with E-state index >= 15 is 0 Å². The van der Waals surface area contributed by atoms with Crippen LogP contribution in [0.5, 0.6) is 0 Å². The van der Waals surface area contributed by atoms with Crippen LogP contribution in [0.2, 0.25) is 0 Å². The Morgan fingerprint density at radius 1 is 1.90 bits per heavy atom. The summed E-state index contributed by atoms with van der Waals surface area (Å²) >= 11 is 4.14. The monoisotopic (exact) mass is 161 g/mol. The number of hydrogen-bond donors (Lipinski definition) is 2. The van der Waals surface area contributed by atoms with Crippen molar-refractivity contribution in [1.82, 2.24) is 0 Å². The van der Waals surface area contributed by atoms with Gasteiger partial charge in [0.05, 0.1) is 5.25 Å². The van der Waals surface area contributed by atoms with Gasteiger partial charge in [-0.1, -0.05) is 0 Å². The van der Waals surface area contributed by atoms with E-state index in [0.29, 0.717) is 0 Å². The lowest BCUT2D eigenvalue weighted by molar-refractivity contribution is -0.164. The molecule has 2 atom stereocenters. The minimum atomic E-state index is -0.783. The fourth-order valence-corrected chi connectivity index (χ4v) is 1.26. The molecule has 0 aromatic rings. The van der Waals surface area contributed by atoms with E-state index in [1.165, 1.54) is 6.92 Å². The minimum absolute atomic E-state index is 0.0106. The van der Waals surface area contributed by atoms with Crippen LogP contribution in [-0.2, 0) is 9.53 Å². The zero-order valence-corrected chi connectivity index (χ0v) is 6.73. The van der Waals surface area contributed by atoms with Crippen molar-refractivity contribution >= 4 is 18.6 Å². The van der Waals surface area contributed by atoms with Gasteiger partial charge >= 0.3 is 5.97 Å². The van der Waals surface area contributed by atoms with E-state index in [0.717, 1.165) is 12.8 Å². The van der Waals surface area contributed by atoms with Gasteiger partial charge in [0.2, 0.25) is 0 Å². The topological polar surface area (TPSA) is 52.3 Å². The van der Waals surface area contributed by atoms with Crippen molar-refractivity contribution in [2.45, 2.75) is 30.7 Å². The maximum absolute atomic E-state index is 10.5. The normalized spacial score (nSPS) is 38.5. The largest absolute Gasteiger partial charge is 0.443 e. The van der Waals surface area contributed by atoms with Crippen LogP contribution >= 0.6 is 12.6 Å². The third-order valence-electron chi connectivity index (χ3n) is 1.71. The Balaban J connectivity index is 2.45. The molecule has 0 aliphatic heterocycles. The SMILES string of the molecule is CC(=O)OC1(N)CCC1S. The smallest absolute Gasteiger partial charge is 0.304 e. The van der Waals surface area contributed by atoms with Crippen LogP contribution in [0.3, 0.4) is 0 Å². The van der Waals surface area contributed by atoms with Crippen molar-refractivity contribution in [2.24, 2.45) is 5.73 Å². The van der Waals surface area contributed by atoms with Crippen LogP contribution in [0.25, 0.3) is 0 Å². The molecule has 2 unspecified atom stereocenters. The highest BCUT2D eigenvalue weighted by molar-refractivity contribution is 7.81. The van der Waals surface area contributed by atoms with Crippen molar-refractivity contribution in [3.63, 3.8) is 0 Å². The molecule has 58 valence electrons. The second-order valence-electron chi connectivity index (χ2n) is 2.60. The lowest BCUT2D eigenvalue weighted by atomic mass is 9.88. The molecule has 3 nitrogen and oxygen atoms in total. The van der Waals surface area contributed by atoms with Crippen molar-refractivity contribution < 1.29 is 9.53 Å². The van der Waals surface area contributed by atoms with Crippen LogP contribution < -0.4 is 5.73 Å². The Morgan fingerprint density at radius 2 is 2.50 bits per heavy atom. The van der Waals surface area contributed by atoms with Gasteiger partial charge in [0.25, 0.3) is 0 Å². The second-order valence-corrected chi connectivity index (χ2v) is 3.23. The summed E-state index contributed by atoms with van der Waals surface area (Å²) in [5.41, 5.74) is 4.85. The van der Waals surface area contributed by atoms with Gasteiger partial charge < -0.3 is 4.74 Å². The van der Waals surface area contributed by atoms with Crippen LogP contribution in [0.4, 0.5) is 0 Å². The van der Waals surface area contributed by atoms with E-state index in [4.69, 9.17) is 10.5 Å². The molecule has 0 aromatic carbocycles. The Kier molecular flexibility index (Phi) is 1.92. The molecular formula is C6H11NO2S. The lowest BCUT2D eigenvalue weighted by Crippen LogP contribution is -2.59. The number of thiol groups is 1. The van der Waals surface area contributed by atoms with Gasteiger partial charge in [-0.2, -0.15) is 12.6 Å². The average Bonchev–Trinajstić information content (AvgIpc) is 1.84. The fraction of sp³-hybridized carbons (Fsp3) is 0.833. The van der Waals surface area contributed by atoms with E-state index in [1.807, 2.05) is 0 Å². The lowest BCUT2D eigenvalue weighted by Gasteiger charge is -2.42. The molecule has 1 aliphatic rings. The highest BCUT2D eigenvalue weighted by Gasteiger charge is 2.44.